The molecule has 0 saturated heterocycles. The molecule has 48 heavy (non-hydrogen) atoms. The first-order valence-electron chi connectivity index (χ1n) is 15.1. The van der Waals surface area contributed by atoms with Crippen LogP contribution in [0.25, 0.3) is 0 Å². The minimum absolute atomic E-state index is 0.00960. The summed E-state index contributed by atoms with van der Waals surface area (Å²) in [5.41, 5.74) is 2.31. The Morgan fingerprint density at radius 3 is 2.27 bits per heavy atom. The molecule has 0 aliphatic rings. The van der Waals surface area contributed by atoms with E-state index in [1.807, 2.05) is 61.5 Å². The van der Waals surface area contributed by atoms with E-state index in [0.717, 1.165) is 27.1 Å². The molecule has 2 amide bonds. The number of nitro groups is 1. The first kappa shape index (κ1) is 35.9. The maximum atomic E-state index is 14.6. The minimum Gasteiger partial charge on any atom is -0.495 e. The van der Waals surface area contributed by atoms with E-state index in [4.69, 9.17) is 16.3 Å². The van der Waals surface area contributed by atoms with Crippen LogP contribution in [0.4, 0.5) is 11.4 Å². The number of nitro benzene ring substituents is 1. The lowest BCUT2D eigenvalue weighted by Gasteiger charge is -2.34. The number of carbonyl (C=O) groups excluding carboxylic acids is 2. The van der Waals surface area contributed by atoms with Gasteiger partial charge in [-0.25, -0.2) is 8.42 Å². The lowest BCUT2D eigenvalue weighted by atomic mass is 10.0. The zero-order valence-corrected chi connectivity index (χ0v) is 28.6. The Morgan fingerprint density at radius 1 is 0.958 bits per heavy atom. The highest BCUT2D eigenvalue weighted by molar-refractivity contribution is 7.92. The molecule has 1 N–H and O–H groups in total. The molecule has 11 nitrogen and oxygen atoms in total. The lowest BCUT2D eigenvalue weighted by Crippen LogP contribution is -2.53. The predicted octanol–water partition coefficient (Wildman–Crippen LogP) is 5.85. The van der Waals surface area contributed by atoms with E-state index in [1.54, 1.807) is 6.92 Å². The number of ether oxygens (including phenoxy) is 1. The van der Waals surface area contributed by atoms with Crippen molar-refractivity contribution in [1.29, 1.82) is 0 Å². The monoisotopic (exact) mass is 692 g/mol. The molecule has 4 aromatic carbocycles. The van der Waals surface area contributed by atoms with Crippen molar-refractivity contribution >= 4 is 44.8 Å². The van der Waals surface area contributed by atoms with Gasteiger partial charge in [-0.3, -0.25) is 24.0 Å². The van der Waals surface area contributed by atoms with Gasteiger partial charge in [0.05, 0.1) is 22.6 Å². The van der Waals surface area contributed by atoms with Crippen LogP contribution in [-0.2, 0) is 32.6 Å². The summed E-state index contributed by atoms with van der Waals surface area (Å²) in [7, 11) is -3.32. The molecule has 0 unspecified atom stereocenters. The van der Waals surface area contributed by atoms with Crippen LogP contribution in [0.1, 0.15) is 29.2 Å². The fourth-order valence-corrected chi connectivity index (χ4v) is 6.78. The van der Waals surface area contributed by atoms with Crippen LogP contribution in [0.15, 0.2) is 95.9 Å². The molecule has 13 heteroatoms. The number of methoxy groups -OCH3 is 1. The predicted molar refractivity (Wildman–Crippen MR) is 185 cm³/mol. The highest BCUT2D eigenvalue weighted by atomic mass is 35.5. The summed E-state index contributed by atoms with van der Waals surface area (Å²) >= 11 is 6.32. The Kier molecular flexibility index (Phi) is 11.8. The van der Waals surface area contributed by atoms with Gasteiger partial charge in [-0.05, 0) is 56.2 Å². The number of anilines is 1. The third-order valence-corrected chi connectivity index (χ3v) is 9.74. The van der Waals surface area contributed by atoms with E-state index in [0.29, 0.717) is 6.54 Å². The number of rotatable bonds is 14. The molecule has 0 aliphatic heterocycles. The number of aryl methyl sites for hydroxylation is 2. The summed E-state index contributed by atoms with van der Waals surface area (Å²) in [5, 5.41) is 14.7. The number of sulfonamides is 1. The molecule has 4 rings (SSSR count). The van der Waals surface area contributed by atoms with Gasteiger partial charge in [-0.1, -0.05) is 77.8 Å². The van der Waals surface area contributed by atoms with Gasteiger partial charge in [0.25, 0.3) is 15.7 Å². The first-order chi connectivity index (χ1) is 22.8. The second-order valence-electron chi connectivity index (χ2n) is 11.1. The number of nitrogens with one attached hydrogen (secondary N) is 1. The van der Waals surface area contributed by atoms with Crippen LogP contribution < -0.4 is 14.4 Å². The van der Waals surface area contributed by atoms with Gasteiger partial charge in [0.15, 0.2) is 0 Å². The van der Waals surface area contributed by atoms with Gasteiger partial charge in [0.1, 0.15) is 18.3 Å². The zero-order valence-electron chi connectivity index (χ0n) is 27.1. The van der Waals surface area contributed by atoms with Gasteiger partial charge in [0.2, 0.25) is 11.8 Å². The van der Waals surface area contributed by atoms with E-state index < -0.39 is 49.9 Å². The maximum Gasteiger partial charge on any atom is 0.273 e. The third-order valence-electron chi connectivity index (χ3n) is 7.75. The van der Waals surface area contributed by atoms with E-state index in [1.165, 1.54) is 49.3 Å². The Labute approximate surface area is 285 Å². The van der Waals surface area contributed by atoms with Crippen LogP contribution in [-0.4, -0.2) is 56.3 Å². The molecule has 0 radical (unpaired) electrons. The van der Waals surface area contributed by atoms with Crippen LogP contribution in [0, 0.1) is 24.0 Å². The molecule has 0 heterocycles. The number of likely N-dealkylation sites (N-methyl/N-ethyl adjacent to an activating group) is 1. The lowest BCUT2D eigenvalue weighted by molar-refractivity contribution is -0.385. The Morgan fingerprint density at radius 2 is 1.65 bits per heavy atom. The molecule has 0 aliphatic carbocycles. The molecular weight excluding hydrogens is 656 g/mol. The normalized spacial score (nSPS) is 11.8. The maximum absolute atomic E-state index is 14.6. The molecule has 0 aromatic heterocycles. The molecule has 0 bridgehead atoms. The van der Waals surface area contributed by atoms with Gasteiger partial charge in [-0.2, -0.15) is 0 Å². The molecule has 0 spiro atoms. The number of benzene rings is 4. The fraction of sp³-hybridized carbons (Fsp3) is 0.257. The Balaban J connectivity index is 1.88. The average molecular weight is 693 g/mol. The largest absolute Gasteiger partial charge is 0.495 e. The summed E-state index contributed by atoms with van der Waals surface area (Å²) < 4.78 is 35.1. The second-order valence-corrected chi connectivity index (χ2v) is 13.4. The molecule has 1 atom stereocenters. The standard InChI is InChI=1S/C35H37ClN4O7S/c1-5-37-35(42)32(19-26-9-7-6-8-10-26)38(22-27-14-11-24(2)12-15-27)34(41)23-39(31-20-28(36)16-18-33(31)47-4)48(45,46)29-17-13-25(3)30(21-29)40(43)44/h6-18,20-21,32H,5,19,22-23H2,1-4H3,(H,37,42)/t32-/m1/s1. The highest BCUT2D eigenvalue weighted by Gasteiger charge is 2.36. The highest BCUT2D eigenvalue weighted by Crippen LogP contribution is 2.36. The van der Waals surface area contributed by atoms with Gasteiger partial charge >= 0.3 is 0 Å². The molecule has 0 fully saturated rings. The SMILES string of the molecule is CCNC(=O)[C@@H](Cc1ccccc1)N(Cc1ccc(C)cc1)C(=O)CN(c1cc(Cl)ccc1OC)S(=O)(=O)c1ccc(C)c([N+](=O)[O-])c1. The summed E-state index contributed by atoms with van der Waals surface area (Å²) in [6, 6.07) is 23.4. The number of amides is 2. The summed E-state index contributed by atoms with van der Waals surface area (Å²) in [6.45, 7) is 4.71. The van der Waals surface area contributed by atoms with E-state index >= 15 is 0 Å². The van der Waals surface area contributed by atoms with Crippen LogP contribution in [0.3, 0.4) is 0 Å². The van der Waals surface area contributed by atoms with Crippen LogP contribution >= 0.6 is 11.6 Å². The fourth-order valence-electron chi connectivity index (χ4n) is 5.18. The number of hydrogen-bond acceptors (Lipinski definition) is 7. The van der Waals surface area contributed by atoms with Crippen LogP contribution in [0.5, 0.6) is 5.75 Å². The average Bonchev–Trinajstić information content (AvgIpc) is 3.06. The van der Waals surface area contributed by atoms with Crippen molar-refractivity contribution in [2.75, 3.05) is 24.5 Å². The third kappa shape index (κ3) is 8.50. The van der Waals surface area contributed by atoms with Crippen LogP contribution in [0.2, 0.25) is 5.02 Å². The quantitative estimate of drug-likeness (QED) is 0.129. The van der Waals surface area contributed by atoms with Gasteiger partial charge < -0.3 is 15.0 Å². The van der Waals surface area contributed by atoms with Crippen molar-refractivity contribution in [2.24, 2.45) is 0 Å². The van der Waals surface area contributed by atoms with Crippen molar-refractivity contribution in [3.05, 3.63) is 128 Å². The number of carbonyl (C=O) groups is 2. The summed E-state index contributed by atoms with van der Waals surface area (Å²) in [4.78, 5) is 40.3. The molecule has 4 aromatic rings. The Hall–Kier alpha value is -4.94. The minimum atomic E-state index is -4.66. The second kappa shape index (κ2) is 15.8. The van der Waals surface area contributed by atoms with E-state index in [9.17, 15) is 28.1 Å². The van der Waals surface area contributed by atoms with E-state index in [2.05, 4.69) is 5.32 Å². The van der Waals surface area contributed by atoms with Gasteiger partial charge in [-0.15, -0.1) is 0 Å². The van der Waals surface area contributed by atoms with Gasteiger partial charge in [0, 0.05) is 36.2 Å². The smallest absolute Gasteiger partial charge is 0.273 e. The summed E-state index contributed by atoms with van der Waals surface area (Å²) in [6.07, 6.45) is 0.154. The molecule has 0 saturated carbocycles. The first-order valence-corrected chi connectivity index (χ1v) is 17.0. The van der Waals surface area contributed by atoms with Crippen molar-refractivity contribution in [1.82, 2.24) is 10.2 Å². The van der Waals surface area contributed by atoms with Crippen molar-refractivity contribution in [3.63, 3.8) is 0 Å². The van der Waals surface area contributed by atoms with Crippen molar-refractivity contribution < 1.29 is 27.7 Å². The summed E-state index contributed by atoms with van der Waals surface area (Å²) in [5.74, 6) is -1.02. The topological polar surface area (TPSA) is 139 Å². The van der Waals surface area contributed by atoms with Crippen molar-refractivity contribution in [3.8, 4) is 5.75 Å². The number of hydrogen-bond donors (Lipinski definition) is 1. The molecular formula is C35H37ClN4O7S. The molecule has 252 valence electrons. The zero-order chi connectivity index (χ0) is 35.0. The van der Waals surface area contributed by atoms with Crippen molar-refractivity contribution in [2.45, 2.75) is 44.7 Å². The number of halogens is 1. The number of nitrogens with zero attached hydrogens (tertiary/aromatic N) is 3. The van der Waals surface area contributed by atoms with E-state index in [-0.39, 0.29) is 35.0 Å². The Bertz CT molecular complexity index is 1890.